The van der Waals surface area contributed by atoms with Crippen LogP contribution in [0.5, 0.6) is 0 Å². The Morgan fingerprint density at radius 3 is 1.46 bits per heavy atom. The molecular formula is C41H38IrN12-6. The van der Waals surface area contributed by atoms with Gasteiger partial charge in [-0.2, -0.15) is 84.4 Å². The number of unbranched alkanes of at least 4 members (excludes halogenated alkanes) is 1. The Morgan fingerprint density at radius 1 is 0.537 bits per heavy atom. The smallest absolute Gasteiger partial charge is 0.143 e. The van der Waals surface area contributed by atoms with Crippen molar-refractivity contribution < 1.29 is 20.1 Å². The summed E-state index contributed by atoms with van der Waals surface area (Å²) in [4.78, 5) is 39.4. The molecule has 0 fully saturated rings. The molecule has 3 aliphatic heterocycles. The Hall–Kier alpha value is -5.65. The molecule has 9 rings (SSSR count). The first kappa shape index (κ1) is 36.7. The van der Waals surface area contributed by atoms with Crippen LogP contribution < -0.4 is 29.4 Å². The van der Waals surface area contributed by atoms with E-state index in [4.69, 9.17) is 0 Å². The predicted octanol–water partition coefficient (Wildman–Crippen LogP) is 7.61. The number of fused-ring (bicyclic) bond motifs is 3. The molecule has 0 spiro atoms. The summed E-state index contributed by atoms with van der Waals surface area (Å²) in [7, 11) is 1.97. The van der Waals surface area contributed by atoms with Crippen molar-refractivity contribution in [1.29, 1.82) is 0 Å². The molecule has 0 unspecified atom stereocenters. The molecule has 3 aromatic heterocycles. The molecule has 0 aliphatic carbocycles. The Labute approximate surface area is 330 Å². The second-order valence-electron chi connectivity index (χ2n) is 12.9. The first-order valence-electron chi connectivity index (χ1n) is 17.6. The van der Waals surface area contributed by atoms with Gasteiger partial charge in [-0.1, -0.05) is 13.8 Å². The molecule has 1 radical (unpaired) electrons. The number of nitrogens with zero attached hydrogens (tertiary/aromatic N) is 12. The maximum atomic E-state index is 4.58. The molecule has 12 nitrogen and oxygen atoms in total. The van der Waals surface area contributed by atoms with E-state index in [0.29, 0.717) is 5.92 Å². The molecular weight excluding hydrogens is 853 g/mol. The van der Waals surface area contributed by atoms with Gasteiger partial charge in [0.2, 0.25) is 0 Å². The van der Waals surface area contributed by atoms with Crippen molar-refractivity contribution in [2.45, 2.75) is 32.6 Å². The third-order valence-electron chi connectivity index (χ3n) is 9.03. The summed E-state index contributed by atoms with van der Waals surface area (Å²) < 4.78 is 0. The summed E-state index contributed by atoms with van der Waals surface area (Å²) in [6, 6.07) is 31.8. The van der Waals surface area contributed by atoms with Crippen molar-refractivity contribution in [2.75, 3.05) is 49.5 Å². The average Bonchev–Trinajstić information content (AvgIpc) is 3.89. The topological polar surface area (TPSA) is 96.8 Å². The van der Waals surface area contributed by atoms with E-state index >= 15 is 0 Å². The number of hydrogen-bond acceptors (Lipinski definition) is 12. The Morgan fingerprint density at radius 2 is 0.981 bits per heavy atom. The molecule has 0 bridgehead atoms. The molecule has 0 saturated carbocycles. The van der Waals surface area contributed by atoms with E-state index in [-0.39, 0.29) is 20.1 Å². The van der Waals surface area contributed by atoms with Crippen LogP contribution in [-0.4, -0.2) is 50.0 Å². The van der Waals surface area contributed by atoms with Crippen LogP contribution in [0.25, 0.3) is 0 Å². The normalized spacial score (nSPS) is 14.1. The molecule has 3 aromatic carbocycles. The zero-order valence-electron chi connectivity index (χ0n) is 30.2. The first-order valence-corrected chi connectivity index (χ1v) is 17.6. The maximum Gasteiger partial charge on any atom is 0.143 e. The van der Waals surface area contributed by atoms with Crippen LogP contribution in [0.4, 0.5) is 52.0 Å². The molecule has 6 heterocycles. The van der Waals surface area contributed by atoms with E-state index in [9.17, 15) is 0 Å². The van der Waals surface area contributed by atoms with Crippen LogP contribution in [0.3, 0.4) is 0 Å². The van der Waals surface area contributed by atoms with E-state index in [1.165, 1.54) is 5.56 Å². The van der Waals surface area contributed by atoms with Crippen molar-refractivity contribution in [3.8, 4) is 0 Å². The van der Waals surface area contributed by atoms with Gasteiger partial charge in [0.05, 0.1) is 0 Å². The van der Waals surface area contributed by atoms with Gasteiger partial charge in [-0.25, -0.2) is 29.9 Å². The molecule has 0 amide bonds. The molecule has 13 heteroatoms. The standard InChI is InChI=1S/C26H22N8.C15H16N4.Ir/c1-3-9-21(10-4-1)33-19-31(23-25(33)29-15-13-27-23)17-7-8-18-32-20-34(22-11-5-2-6-12-22)26-24(32)28-14-16-30-26;1-11(2)12-5-4-6-13(9-12)19-10-18(3)14-15(19)17-8-7-16-14;/h1-6,9,11,13-16,19-20H,7-8,17-18H2;4-5,7-11H,1-3H3;/q-4;-2;. The van der Waals surface area contributed by atoms with E-state index < -0.39 is 0 Å². The van der Waals surface area contributed by atoms with Gasteiger partial charge in [-0.15, -0.1) is 43.1 Å². The molecule has 3 aliphatic rings. The molecule has 277 valence electrons. The van der Waals surface area contributed by atoms with E-state index in [0.717, 1.165) is 77.9 Å². The summed E-state index contributed by atoms with van der Waals surface area (Å²) >= 11 is 0. The van der Waals surface area contributed by atoms with Crippen LogP contribution in [0.15, 0.2) is 104 Å². The fourth-order valence-electron chi connectivity index (χ4n) is 6.37. The monoisotopic (exact) mass is 891 g/mol. The quantitative estimate of drug-likeness (QED) is 0.106. The minimum Gasteiger partial charge on any atom is -0.487 e. The number of para-hydroxylation sites is 2. The van der Waals surface area contributed by atoms with Gasteiger partial charge in [0.15, 0.2) is 0 Å². The van der Waals surface area contributed by atoms with Gasteiger partial charge >= 0.3 is 0 Å². The number of hydrogen-bond donors (Lipinski definition) is 0. The Balaban J connectivity index is 0.000000191. The Bertz CT molecular complexity index is 2040. The molecule has 54 heavy (non-hydrogen) atoms. The van der Waals surface area contributed by atoms with E-state index in [1.807, 2.05) is 87.9 Å². The number of rotatable bonds is 9. The zero-order valence-corrected chi connectivity index (χ0v) is 32.5. The SMILES string of the molecule is CC(C)c1cc[c-]c(N2[CH-]N(C)c3nccnc32)c1.[Ir].[c-]1ccccc1N1[CH-]N(CCCCN2[CH-]N(c3[c-]cccc3)c3nccnc32)c2nccnc21. The summed E-state index contributed by atoms with van der Waals surface area (Å²) in [6.45, 7) is 12.2. The molecule has 0 N–H and O–H groups in total. The number of benzene rings is 3. The number of aromatic nitrogens is 6. The van der Waals surface area contributed by atoms with Crippen molar-refractivity contribution in [3.63, 3.8) is 0 Å². The average molecular weight is 891 g/mol. The second-order valence-corrected chi connectivity index (χ2v) is 12.9. The zero-order chi connectivity index (χ0) is 36.1. The van der Waals surface area contributed by atoms with Gasteiger partial charge in [-0.3, -0.25) is 0 Å². The van der Waals surface area contributed by atoms with Crippen LogP contribution in [-0.2, 0) is 20.1 Å². The predicted molar refractivity (Wildman–Crippen MR) is 208 cm³/mol. The van der Waals surface area contributed by atoms with Gasteiger partial charge in [-0.05, 0) is 38.9 Å². The fourth-order valence-corrected chi connectivity index (χ4v) is 6.37. The van der Waals surface area contributed by atoms with Crippen molar-refractivity contribution in [3.05, 3.63) is 148 Å². The van der Waals surface area contributed by atoms with Crippen LogP contribution in [0, 0.1) is 38.2 Å². The minimum atomic E-state index is 0. The van der Waals surface area contributed by atoms with E-state index in [2.05, 4.69) is 97.2 Å². The van der Waals surface area contributed by atoms with Crippen molar-refractivity contribution in [2.24, 2.45) is 0 Å². The third kappa shape index (κ3) is 7.55. The summed E-state index contributed by atoms with van der Waals surface area (Å²) in [6.07, 6.45) is 12.3. The molecule has 0 saturated heterocycles. The summed E-state index contributed by atoms with van der Waals surface area (Å²) in [5.74, 6) is 5.61. The Kier molecular flexibility index (Phi) is 11.3. The van der Waals surface area contributed by atoms with Gasteiger partial charge < -0.3 is 29.4 Å². The van der Waals surface area contributed by atoms with Crippen LogP contribution >= 0.6 is 0 Å². The van der Waals surface area contributed by atoms with Gasteiger partial charge in [0, 0.05) is 57.3 Å². The van der Waals surface area contributed by atoms with Crippen LogP contribution in [0.1, 0.15) is 38.2 Å². The van der Waals surface area contributed by atoms with Gasteiger partial charge in [0.25, 0.3) is 0 Å². The van der Waals surface area contributed by atoms with Crippen LogP contribution in [0.2, 0.25) is 0 Å². The largest absolute Gasteiger partial charge is 0.487 e. The van der Waals surface area contributed by atoms with Crippen molar-refractivity contribution >= 4 is 52.0 Å². The second kappa shape index (κ2) is 16.6. The first-order chi connectivity index (χ1) is 26.0. The third-order valence-corrected chi connectivity index (χ3v) is 9.03. The summed E-state index contributed by atoms with van der Waals surface area (Å²) in [5.41, 5.74) is 4.19. The minimum absolute atomic E-state index is 0. The summed E-state index contributed by atoms with van der Waals surface area (Å²) in [5, 5.41) is 0. The molecule has 0 atom stereocenters. The molecule has 6 aromatic rings. The number of anilines is 9. The van der Waals surface area contributed by atoms with E-state index in [1.54, 1.807) is 37.2 Å². The fraction of sp³-hybridized carbons (Fsp3) is 0.195. The van der Waals surface area contributed by atoms with Crippen molar-refractivity contribution in [1.82, 2.24) is 29.9 Å². The maximum absolute atomic E-state index is 4.58. The van der Waals surface area contributed by atoms with Gasteiger partial charge in [0.1, 0.15) is 34.9 Å².